The number of hydrogen-bond acceptors (Lipinski definition) is 3. The second-order valence-corrected chi connectivity index (χ2v) is 4.89. The third kappa shape index (κ3) is 9.98. The number of para-hydroxylation sites is 1. The highest BCUT2D eigenvalue weighted by Crippen LogP contribution is 2.07. The van der Waals surface area contributed by atoms with Gasteiger partial charge in [0.1, 0.15) is 12.4 Å². The molecule has 1 aromatic rings. The number of ether oxygens (including phenoxy) is 1. The third-order valence-corrected chi connectivity index (χ3v) is 2.85. The van der Waals surface area contributed by atoms with Crippen LogP contribution in [0.2, 0.25) is 0 Å². The van der Waals surface area contributed by atoms with Gasteiger partial charge in [-0.05, 0) is 19.1 Å². The lowest BCUT2D eigenvalue weighted by atomic mass is 10.3. The van der Waals surface area contributed by atoms with Gasteiger partial charge >= 0.3 is 0 Å². The highest BCUT2D eigenvalue weighted by molar-refractivity contribution is 14.0. The molecule has 1 aromatic carbocycles. The fourth-order valence-electron chi connectivity index (χ4n) is 1.68. The SMILES string of the molecule is CCNC(=NCCC(=O)N(C)C)NCCOc1ccccc1.I. The smallest absolute Gasteiger partial charge is 0.223 e. The Kier molecular flexibility index (Phi) is 12.1. The molecule has 0 unspecified atom stereocenters. The Balaban J connectivity index is 0.00000484. The fourth-order valence-corrected chi connectivity index (χ4v) is 1.68. The van der Waals surface area contributed by atoms with Crippen LogP contribution in [-0.4, -0.2) is 57.1 Å². The standard InChI is InChI=1S/C16H26N4O2.HI/c1-4-17-16(18-11-10-15(21)20(2)3)19-12-13-22-14-8-6-5-7-9-14;/h5-9H,4,10-13H2,1-3H3,(H2,17,18,19);1H. The minimum Gasteiger partial charge on any atom is -0.492 e. The number of guanidine groups is 1. The Morgan fingerprint density at radius 2 is 1.91 bits per heavy atom. The molecule has 0 fully saturated rings. The predicted octanol–water partition coefficient (Wildman–Crippen LogP) is 1.72. The number of halogens is 1. The Morgan fingerprint density at radius 1 is 1.22 bits per heavy atom. The van der Waals surface area contributed by atoms with Gasteiger partial charge in [0.25, 0.3) is 0 Å². The maximum atomic E-state index is 11.5. The summed E-state index contributed by atoms with van der Waals surface area (Å²) in [6.07, 6.45) is 0.407. The number of carbonyl (C=O) groups is 1. The number of aliphatic imine (C=N–C) groups is 1. The van der Waals surface area contributed by atoms with Crippen molar-refractivity contribution in [3.8, 4) is 5.75 Å². The van der Waals surface area contributed by atoms with Crippen molar-refractivity contribution < 1.29 is 9.53 Å². The molecular formula is C16H27IN4O2. The van der Waals surface area contributed by atoms with E-state index in [1.807, 2.05) is 37.3 Å². The van der Waals surface area contributed by atoms with Crippen LogP contribution in [0.25, 0.3) is 0 Å². The van der Waals surface area contributed by atoms with Gasteiger partial charge in [0.05, 0.1) is 13.1 Å². The molecule has 0 atom stereocenters. The van der Waals surface area contributed by atoms with E-state index in [0.29, 0.717) is 32.1 Å². The highest BCUT2D eigenvalue weighted by atomic mass is 127. The highest BCUT2D eigenvalue weighted by Gasteiger charge is 2.03. The normalized spacial score (nSPS) is 10.5. The van der Waals surface area contributed by atoms with E-state index in [9.17, 15) is 4.79 Å². The Labute approximate surface area is 155 Å². The van der Waals surface area contributed by atoms with Crippen LogP contribution in [0.15, 0.2) is 35.3 Å². The van der Waals surface area contributed by atoms with Gasteiger partial charge in [-0.3, -0.25) is 9.79 Å². The summed E-state index contributed by atoms with van der Waals surface area (Å²) in [5, 5.41) is 6.33. The van der Waals surface area contributed by atoms with Crippen LogP contribution in [0, 0.1) is 0 Å². The van der Waals surface area contributed by atoms with Crippen molar-refractivity contribution in [1.82, 2.24) is 15.5 Å². The number of rotatable bonds is 8. The summed E-state index contributed by atoms with van der Waals surface area (Å²) in [5.74, 6) is 1.63. The lowest BCUT2D eigenvalue weighted by molar-refractivity contribution is -0.128. The molecule has 6 nitrogen and oxygen atoms in total. The molecular weight excluding hydrogens is 407 g/mol. The van der Waals surface area contributed by atoms with E-state index in [-0.39, 0.29) is 29.9 Å². The topological polar surface area (TPSA) is 66.0 Å². The maximum Gasteiger partial charge on any atom is 0.223 e. The number of hydrogen-bond donors (Lipinski definition) is 2. The van der Waals surface area contributed by atoms with E-state index in [1.165, 1.54) is 0 Å². The molecule has 0 saturated heterocycles. The van der Waals surface area contributed by atoms with Crippen LogP contribution in [0.5, 0.6) is 5.75 Å². The van der Waals surface area contributed by atoms with Crippen molar-refractivity contribution in [1.29, 1.82) is 0 Å². The summed E-state index contributed by atoms with van der Waals surface area (Å²) in [6.45, 7) is 4.43. The van der Waals surface area contributed by atoms with Crippen LogP contribution in [-0.2, 0) is 4.79 Å². The summed E-state index contributed by atoms with van der Waals surface area (Å²) < 4.78 is 5.60. The average Bonchev–Trinajstić information content (AvgIpc) is 2.52. The van der Waals surface area contributed by atoms with E-state index < -0.39 is 0 Å². The molecule has 0 aromatic heterocycles. The zero-order valence-corrected chi connectivity index (χ0v) is 16.4. The lowest BCUT2D eigenvalue weighted by Crippen LogP contribution is -2.39. The van der Waals surface area contributed by atoms with E-state index in [2.05, 4.69) is 15.6 Å². The van der Waals surface area contributed by atoms with Crippen LogP contribution in [0.1, 0.15) is 13.3 Å². The van der Waals surface area contributed by atoms with Gasteiger partial charge in [0.15, 0.2) is 5.96 Å². The van der Waals surface area contributed by atoms with Crippen LogP contribution in [0.3, 0.4) is 0 Å². The summed E-state index contributed by atoms with van der Waals surface area (Å²) in [5.41, 5.74) is 0. The van der Waals surface area contributed by atoms with E-state index in [1.54, 1.807) is 19.0 Å². The number of nitrogens with one attached hydrogen (secondary N) is 2. The molecule has 0 aliphatic rings. The summed E-state index contributed by atoms with van der Waals surface area (Å²) in [6, 6.07) is 9.68. The van der Waals surface area contributed by atoms with Gasteiger partial charge in [0.2, 0.25) is 5.91 Å². The molecule has 2 N–H and O–H groups in total. The number of amides is 1. The number of carbonyl (C=O) groups excluding carboxylic acids is 1. The quantitative estimate of drug-likeness (QED) is 0.283. The Hall–Kier alpha value is -1.51. The van der Waals surface area contributed by atoms with Crippen molar-refractivity contribution in [3.63, 3.8) is 0 Å². The first-order valence-electron chi connectivity index (χ1n) is 7.53. The summed E-state index contributed by atoms with van der Waals surface area (Å²) >= 11 is 0. The molecule has 7 heteroatoms. The molecule has 1 amide bonds. The van der Waals surface area contributed by atoms with E-state index in [4.69, 9.17) is 4.74 Å². The largest absolute Gasteiger partial charge is 0.492 e. The van der Waals surface area contributed by atoms with Crippen LogP contribution in [0.4, 0.5) is 0 Å². The molecule has 23 heavy (non-hydrogen) atoms. The molecule has 1 rings (SSSR count). The maximum absolute atomic E-state index is 11.5. The third-order valence-electron chi connectivity index (χ3n) is 2.85. The van der Waals surface area contributed by atoms with Gasteiger partial charge in [-0.25, -0.2) is 0 Å². The van der Waals surface area contributed by atoms with Crippen molar-refractivity contribution in [2.75, 3.05) is 40.3 Å². The first-order valence-corrected chi connectivity index (χ1v) is 7.53. The number of nitrogens with zero attached hydrogens (tertiary/aromatic N) is 2. The Bertz CT molecular complexity index is 466. The summed E-state index contributed by atoms with van der Waals surface area (Å²) in [7, 11) is 3.49. The van der Waals surface area contributed by atoms with Gasteiger partial charge in [0, 0.05) is 27.1 Å². The monoisotopic (exact) mass is 434 g/mol. The second kappa shape index (κ2) is 13.0. The molecule has 0 spiro atoms. The van der Waals surface area contributed by atoms with Crippen molar-refractivity contribution >= 4 is 35.8 Å². The first kappa shape index (κ1) is 21.5. The minimum atomic E-state index is 0. The van der Waals surface area contributed by atoms with Crippen LogP contribution >= 0.6 is 24.0 Å². The van der Waals surface area contributed by atoms with Gasteiger partial charge < -0.3 is 20.3 Å². The Morgan fingerprint density at radius 3 is 2.52 bits per heavy atom. The first-order chi connectivity index (χ1) is 10.6. The minimum absolute atomic E-state index is 0. The van der Waals surface area contributed by atoms with E-state index in [0.717, 1.165) is 12.3 Å². The lowest BCUT2D eigenvalue weighted by Gasteiger charge is -2.12. The molecule has 0 bridgehead atoms. The zero-order chi connectivity index (χ0) is 16.2. The van der Waals surface area contributed by atoms with Gasteiger partial charge in [-0.2, -0.15) is 0 Å². The second-order valence-electron chi connectivity index (χ2n) is 4.89. The number of benzene rings is 1. The molecule has 0 aliphatic carbocycles. The molecule has 0 aliphatic heterocycles. The van der Waals surface area contributed by atoms with Gasteiger partial charge in [-0.15, -0.1) is 24.0 Å². The molecule has 130 valence electrons. The van der Waals surface area contributed by atoms with Crippen molar-refractivity contribution in [3.05, 3.63) is 30.3 Å². The fraction of sp³-hybridized carbons (Fsp3) is 0.500. The average molecular weight is 434 g/mol. The van der Waals surface area contributed by atoms with Gasteiger partial charge in [-0.1, -0.05) is 18.2 Å². The zero-order valence-electron chi connectivity index (χ0n) is 14.0. The molecule has 0 heterocycles. The van der Waals surface area contributed by atoms with Crippen LogP contribution < -0.4 is 15.4 Å². The predicted molar refractivity (Wildman–Crippen MR) is 105 cm³/mol. The molecule has 0 saturated carbocycles. The molecule has 0 radical (unpaired) electrons. The summed E-state index contributed by atoms with van der Waals surface area (Å²) in [4.78, 5) is 17.4. The van der Waals surface area contributed by atoms with Crippen molar-refractivity contribution in [2.24, 2.45) is 4.99 Å². The van der Waals surface area contributed by atoms with E-state index >= 15 is 0 Å². The van der Waals surface area contributed by atoms with Crippen molar-refractivity contribution in [2.45, 2.75) is 13.3 Å².